The summed E-state index contributed by atoms with van der Waals surface area (Å²) in [5, 5.41) is 9.78. The van der Waals surface area contributed by atoms with Gasteiger partial charge in [0.2, 0.25) is 0 Å². The van der Waals surface area contributed by atoms with E-state index in [2.05, 4.69) is 9.97 Å². The van der Waals surface area contributed by atoms with Crippen LogP contribution in [0.3, 0.4) is 0 Å². The summed E-state index contributed by atoms with van der Waals surface area (Å²) < 4.78 is 15.3. The zero-order chi connectivity index (χ0) is 17.0. The summed E-state index contributed by atoms with van der Waals surface area (Å²) in [5.41, 5.74) is 5.16. The smallest absolute Gasteiger partial charge is 0.323 e. The number of aromatic nitrogens is 3. The lowest BCUT2D eigenvalue weighted by molar-refractivity contribution is -0.137. The van der Waals surface area contributed by atoms with Crippen LogP contribution < -0.4 is 0 Å². The van der Waals surface area contributed by atoms with Crippen LogP contribution in [0.5, 0.6) is 0 Å². The van der Waals surface area contributed by atoms with Crippen LogP contribution in [0.15, 0.2) is 30.3 Å². The first-order chi connectivity index (χ1) is 11.4. The summed E-state index contributed by atoms with van der Waals surface area (Å²) in [7, 11) is 0. The van der Waals surface area contributed by atoms with Crippen molar-refractivity contribution in [3.63, 3.8) is 0 Å². The second-order valence-corrected chi connectivity index (χ2v) is 5.96. The van der Waals surface area contributed by atoms with Crippen molar-refractivity contribution >= 4 is 39.1 Å². The molecule has 0 aliphatic carbocycles. The van der Waals surface area contributed by atoms with Crippen molar-refractivity contribution < 1.29 is 14.3 Å². The molecule has 0 radical (unpaired) electrons. The fourth-order valence-corrected chi connectivity index (χ4v) is 3.01. The minimum absolute atomic E-state index is 0.253. The Kier molecular flexibility index (Phi) is 3.03. The van der Waals surface area contributed by atoms with Gasteiger partial charge in [-0.15, -0.1) is 0 Å². The average molecular weight is 323 g/mol. The van der Waals surface area contributed by atoms with Crippen LogP contribution in [0, 0.1) is 19.7 Å². The minimum Gasteiger partial charge on any atom is -0.480 e. The zero-order valence-corrected chi connectivity index (χ0v) is 13.2. The van der Waals surface area contributed by atoms with Crippen LogP contribution in [-0.2, 0) is 11.3 Å². The van der Waals surface area contributed by atoms with Gasteiger partial charge in [-0.2, -0.15) is 0 Å². The monoisotopic (exact) mass is 323 g/mol. The number of carbonyl (C=O) groups is 1. The minimum atomic E-state index is -0.986. The molecule has 0 spiro atoms. The number of nitrogens with zero attached hydrogens (tertiary/aromatic N) is 3. The van der Waals surface area contributed by atoms with Gasteiger partial charge in [-0.3, -0.25) is 4.79 Å². The molecular weight excluding hydrogens is 309 g/mol. The molecule has 0 saturated heterocycles. The first-order valence-corrected chi connectivity index (χ1v) is 7.52. The summed E-state index contributed by atoms with van der Waals surface area (Å²) >= 11 is 0. The maximum Gasteiger partial charge on any atom is 0.323 e. The molecule has 5 nitrogen and oxygen atoms in total. The van der Waals surface area contributed by atoms with Gasteiger partial charge in [0.05, 0.1) is 16.6 Å². The molecule has 1 N–H and O–H groups in total. The summed E-state index contributed by atoms with van der Waals surface area (Å²) in [6, 6.07) is 8.13. The first-order valence-electron chi connectivity index (χ1n) is 7.52. The van der Waals surface area contributed by atoms with Gasteiger partial charge in [-0.1, -0.05) is 0 Å². The molecule has 0 unspecified atom stereocenters. The Labute approximate surface area is 136 Å². The van der Waals surface area contributed by atoms with Gasteiger partial charge < -0.3 is 9.67 Å². The van der Waals surface area contributed by atoms with E-state index in [-0.39, 0.29) is 12.4 Å². The van der Waals surface area contributed by atoms with Crippen molar-refractivity contribution in [3.8, 4) is 0 Å². The molecule has 2 heterocycles. The molecule has 0 atom stereocenters. The molecule has 0 saturated carbocycles. The highest BCUT2D eigenvalue weighted by atomic mass is 19.1. The van der Waals surface area contributed by atoms with E-state index in [9.17, 15) is 14.3 Å². The molecule has 120 valence electrons. The van der Waals surface area contributed by atoms with E-state index in [1.54, 1.807) is 10.6 Å². The zero-order valence-electron chi connectivity index (χ0n) is 13.2. The summed E-state index contributed by atoms with van der Waals surface area (Å²) in [6.07, 6.45) is 0. The van der Waals surface area contributed by atoms with Crippen LogP contribution >= 0.6 is 0 Å². The van der Waals surface area contributed by atoms with Crippen molar-refractivity contribution in [2.24, 2.45) is 0 Å². The third-order valence-electron chi connectivity index (χ3n) is 4.31. The number of aliphatic carboxylic acids is 1. The van der Waals surface area contributed by atoms with E-state index in [4.69, 9.17) is 0 Å². The summed E-state index contributed by atoms with van der Waals surface area (Å²) in [4.78, 5) is 20.5. The Balaban J connectivity index is 2.19. The number of rotatable bonds is 2. The lowest BCUT2D eigenvalue weighted by atomic mass is 10.1. The molecule has 2 aromatic carbocycles. The highest BCUT2D eigenvalue weighted by Gasteiger charge is 2.17. The molecule has 2 aromatic heterocycles. The predicted molar refractivity (Wildman–Crippen MR) is 89.6 cm³/mol. The van der Waals surface area contributed by atoms with Crippen molar-refractivity contribution in [3.05, 3.63) is 47.3 Å². The number of fused-ring (bicyclic) bond motifs is 4. The standard InChI is InChI=1S/C18H14FN3O2/c1-9-5-13-14(6-10(9)2)21-18-17(20-13)12-7-11(19)3-4-15(12)22(18)8-16(23)24/h3-7H,8H2,1-2H3,(H,23,24). The van der Waals surface area contributed by atoms with Crippen LogP contribution in [0.1, 0.15) is 11.1 Å². The SMILES string of the molecule is Cc1cc2nc3c4cc(F)ccc4n(CC(=O)O)c3nc2cc1C. The van der Waals surface area contributed by atoms with Gasteiger partial charge in [0, 0.05) is 5.39 Å². The lowest BCUT2D eigenvalue weighted by Crippen LogP contribution is -2.09. The number of benzene rings is 2. The molecular formula is C18H14FN3O2. The molecule has 4 aromatic rings. The molecule has 0 amide bonds. The van der Waals surface area contributed by atoms with E-state index in [0.29, 0.717) is 33.1 Å². The average Bonchev–Trinajstić information content (AvgIpc) is 2.79. The van der Waals surface area contributed by atoms with Gasteiger partial charge >= 0.3 is 5.97 Å². The second kappa shape index (κ2) is 4.99. The van der Waals surface area contributed by atoms with Gasteiger partial charge in [-0.25, -0.2) is 14.4 Å². The number of carboxylic acid groups (broad SMARTS) is 1. The molecule has 4 rings (SSSR count). The topological polar surface area (TPSA) is 68.0 Å². The predicted octanol–water partition coefficient (Wildman–Crippen LogP) is 3.58. The van der Waals surface area contributed by atoms with Gasteiger partial charge in [-0.05, 0) is 55.3 Å². The third-order valence-corrected chi connectivity index (χ3v) is 4.31. The van der Waals surface area contributed by atoms with Crippen molar-refractivity contribution in [2.45, 2.75) is 20.4 Å². The number of hydrogen-bond donors (Lipinski definition) is 1. The largest absolute Gasteiger partial charge is 0.480 e. The Morgan fingerprint density at radius 1 is 1.12 bits per heavy atom. The van der Waals surface area contributed by atoms with Crippen molar-refractivity contribution in [1.82, 2.24) is 14.5 Å². The lowest BCUT2D eigenvalue weighted by Gasteiger charge is -2.05. The van der Waals surface area contributed by atoms with E-state index in [1.165, 1.54) is 12.1 Å². The van der Waals surface area contributed by atoms with Crippen LogP contribution in [-0.4, -0.2) is 25.6 Å². The van der Waals surface area contributed by atoms with Gasteiger partial charge in [0.1, 0.15) is 17.9 Å². The summed E-state index contributed by atoms with van der Waals surface area (Å²) in [5.74, 6) is -1.38. The number of hydrogen-bond acceptors (Lipinski definition) is 3. The maximum atomic E-state index is 13.7. The van der Waals surface area contributed by atoms with E-state index in [0.717, 1.165) is 11.1 Å². The van der Waals surface area contributed by atoms with Crippen molar-refractivity contribution in [1.29, 1.82) is 0 Å². The molecule has 0 aliphatic heterocycles. The van der Waals surface area contributed by atoms with Crippen LogP contribution in [0.25, 0.3) is 33.1 Å². The van der Waals surface area contributed by atoms with Crippen LogP contribution in [0.4, 0.5) is 4.39 Å². The number of carboxylic acids is 1. The molecule has 0 aliphatic rings. The number of aryl methyl sites for hydroxylation is 2. The Morgan fingerprint density at radius 3 is 2.46 bits per heavy atom. The molecule has 0 fully saturated rings. The molecule has 0 bridgehead atoms. The highest BCUT2D eigenvalue weighted by Crippen LogP contribution is 2.29. The quantitative estimate of drug-likeness (QED) is 0.612. The van der Waals surface area contributed by atoms with Crippen LogP contribution in [0.2, 0.25) is 0 Å². The highest BCUT2D eigenvalue weighted by molar-refractivity contribution is 6.07. The Hall–Kier alpha value is -3.02. The Bertz CT molecular complexity index is 1150. The third kappa shape index (κ3) is 2.11. The van der Waals surface area contributed by atoms with E-state index in [1.807, 2.05) is 26.0 Å². The molecule has 24 heavy (non-hydrogen) atoms. The molecule has 6 heteroatoms. The number of halogens is 1. The Morgan fingerprint density at radius 2 is 1.79 bits per heavy atom. The van der Waals surface area contributed by atoms with Crippen molar-refractivity contribution in [2.75, 3.05) is 0 Å². The van der Waals surface area contributed by atoms with E-state index < -0.39 is 5.97 Å². The summed E-state index contributed by atoms with van der Waals surface area (Å²) in [6.45, 7) is 3.73. The van der Waals surface area contributed by atoms with E-state index >= 15 is 0 Å². The maximum absolute atomic E-state index is 13.7. The normalized spacial score (nSPS) is 11.6. The van der Waals surface area contributed by atoms with Gasteiger partial charge in [0.15, 0.2) is 5.65 Å². The second-order valence-electron chi connectivity index (χ2n) is 5.96. The van der Waals surface area contributed by atoms with Gasteiger partial charge in [0.25, 0.3) is 0 Å². The fourth-order valence-electron chi connectivity index (χ4n) is 3.01. The fraction of sp³-hybridized carbons (Fsp3) is 0.167. The first kappa shape index (κ1) is 14.6.